The summed E-state index contributed by atoms with van der Waals surface area (Å²) in [5, 5.41) is 10.1. The molecule has 0 amide bonds. The summed E-state index contributed by atoms with van der Waals surface area (Å²) < 4.78 is 5.23. The van der Waals surface area contributed by atoms with Crippen LogP contribution in [-0.2, 0) is 20.0 Å². The van der Waals surface area contributed by atoms with Gasteiger partial charge in [-0.3, -0.25) is 9.48 Å². The van der Waals surface area contributed by atoms with Gasteiger partial charge < -0.3 is 4.40 Å². The van der Waals surface area contributed by atoms with Crippen LogP contribution in [0.4, 0.5) is 0 Å². The molecule has 0 aliphatic rings. The van der Waals surface area contributed by atoms with Gasteiger partial charge in [0.25, 0.3) is 5.56 Å². The number of fused-ring (bicyclic) bond motifs is 2. The molecule has 0 saturated heterocycles. The first kappa shape index (κ1) is 18.9. The molecule has 5 rings (SSSR count). The summed E-state index contributed by atoms with van der Waals surface area (Å²) in [7, 11) is 1.86. The van der Waals surface area contributed by atoms with Crippen LogP contribution in [0.1, 0.15) is 5.69 Å². The standard InChI is InChI=1S/C21H18N6O.ClH/c1-25-13-16(12-22-25)18-6-4-5-15-11-23-27(21(28)20(15)18)10-8-17-14-26-9-3-2-7-19(26)24-17;/h2-7,9,11-14H,8,10H2,1H3;1H. The van der Waals surface area contributed by atoms with E-state index in [1.807, 2.05) is 66.4 Å². The molecule has 0 radical (unpaired) electrons. The van der Waals surface area contributed by atoms with E-state index in [0.29, 0.717) is 18.4 Å². The second-order valence-corrected chi connectivity index (χ2v) is 6.79. The second-order valence-electron chi connectivity index (χ2n) is 6.79. The number of aromatic nitrogens is 6. The van der Waals surface area contributed by atoms with Crippen molar-refractivity contribution in [3.8, 4) is 11.1 Å². The highest BCUT2D eigenvalue weighted by Gasteiger charge is 2.12. The Labute approximate surface area is 172 Å². The number of aryl methyl sites for hydroxylation is 3. The lowest BCUT2D eigenvalue weighted by Crippen LogP contribution is -2.24. The smallest absolute Gasteiger partial charge is 0.275 e. The van der Waals surface area contributed by atoms with Gasteiger partial charge in [0.15, 0.2) is 0 Å². The fourth-order valence-corrected chi connectivity index (χ4v) is 3.52. The molecule has 0 atom stereocenters. The minimum absolute atomic E-state index is 0. The highest BCUT2D eigenvalue weighted by atomic mass is 35.5. The summed E-state index contributed by atoms with van der Waals surface area (Å²) >= 11 is 0. The Kier molecular flexibility index (Phi) is 4.90. The molecule has 146 valence electrons. The topological polar surface area (TPSA) is 70.0 Å². The van der Waals surface area contributed by atoms with Crippen LogP contribution in [0.5, 0.6) is 0 Å². The number of imidazole rings is 1. The van der Waals surface area contributed by atoms with Crippen molar-refractivity contribution < 1.29 is 0 Å². The fourth-order valence-electron chi connectivity index (χ4n) is 3.52. The molecule has 0 unspecified atom stereocenters. The number of rotatable bonds is 4. The van der Waals surface area contributed by atoms with Crippen LogP contribution in [0.2, 0.25) is 0 Å². The zero-order valence-electron chi connectivity index (χ0n) is 15.8. The molecule has 0 aliphatic heterocycles. The number of hydrogen-bond acceptors (Lipinski definition) is 4. The Morgan fingerprint density at radius 2 is 1.90 bits per heavy atom. The van der Waals surface area contributed by atoms with Crippen molar-refractivity contribution in [3.05, 3.63) is 83.4 Å². The largest absolute Gasteiger partial charge is 0.307 e. The van der Waals surface area contributed by atoms with Crippen LogP contribution in [0, 0.1) is 0 Å². The molecule has 0 spiro atoms. The maximum Gasteiger partial charge on any atom is 0.275 e. The first-order valence-corrected chi connectivity index (χ1v) is 9.09. The molecule has 4 aromatic heterocycles. The van der Waals surface area contributed by atoms with Gasteiger partial charge in [-0.25, -0.2) is 9.67 Å². The van der Waals surface area contributed by atoms with Crippen molar-refractivity contribution in [2.24, 2.45) is 7.05 Å². The average molecular weight is 407 g/mol. The van der Waals surface area contributed by atoms with Crippen LogP contribution in [0.3, 0.4) is 0 Å². The predicted molar refractivity (Wildman–Crippen MR) is 114 cm³/mol. The molecule has 0 fully saturated rings. The summed E-state index contributed by atoms with van der Waals surface area (Å²) in [6, 6.07) is 11.7. The van der Waals surface area contributed by atoms with E-state index in [-0.39, 0.29) is 18.0 Å². The van der Waals surface area contributed by atoms with Gasteiger partial charge in [-0.15, -0.1) is 12.4 Å². The molecule has 29 heavy (non-hydrogen) atoms. The van der Waals surface area contributed by atoms with Gasteiger partial charge in [-0.05, 0) is 17.7 Å². The maximum atomic E-state index is 13.2. The van der Waals surface area contributed by atoms with Crippen molar-refractivity contribution >= 4 is 28.8 Å². The molecule has 5 aromatic rings. The molecular formula is C21H19ClN6O. The van der Waals surface area contributed by atoms with Crippen LogP contribution in [0.25, 0.3) is 27.5 Å². The van der Waals surface area contributed by atoms with E-state index in [2.05, 4.69) is 15.2 Å². The van der Waals surface area contributed by atoms with E-state index in [1.165, 1.54) is 4.68 Å². The SMILES string of the molecule is Cl.Cn1cc(-c2cccc3cnn(CCc4cn5ccccc5n4)c(=O)c23)cn1. The lowest BCUT2D eigenvalue weighted by atomic mass is 10.0. The number of benzene rings is 1. The van der Waals surface area contributed by atoms with Gasteiger partial charge in [-0.1, -0.05) is 24.3 Å². The Morgan fingerprint density at radius 1 is 1.00 bits per heavy atom. The Morgan fingerprint density at radius 3 is 2.69 bits per heavy atom. The maximum absolute atomic E-state index is 13.2. The van der Waals surface area contributed by atoms with E-state index in [0.717, 1.165) is 27.9 Å². The monoisotopic (exact) mass is 406 g/mol. The molecule has 0 N–H and O–H groups in total. The van der Waals surface area contributed by atoms with Gasteiger partial charge in [0.05, 0.1) is 30.0 Å². The third-order valence-corrected chi connectivity index (χ3v) is 4.89. The number of pyridine rings is 1. The highest BCUT2D eigenvalue weighted by molar-refractivity contribution is 5.95. The third-order valence-electron chi connectivity index (χ3n) is 4.89. The Balaban J connectivity index is 0.00000205. The third kappa shape index (κ3) is 3.40. The quantitative estimate of drug-likeness (QED) is 0.460. The second kappa shape index (κ2) is 7.52. The minimum Gasteiger partial charge on any atom is -0.307 e. The van der Waals surface area contributed by atoms with E-state index in [9.17, 15) is 4.79 Å². The molecule has 0 aliphatic carbocycles. The number of nitrogens with zero attached hydrogens (tertiary/aromatic N) is 6. The van der Waals surface area contributed by atoms with Crippen molar-refractivity contribution in [1.29, 1.82) is 0 Å². The Hall–Kier alpha value is -3.45. The highest BCUT2D eigenvalue weighted by Crippen LogP contribution is 2.25. The van der Waals surface area contributed by atoms with Crippen LogP contribution >= 0.6 is 12.4 Å². The fraction of sp³-hybridized carbons (Fsp3) is 0.143. The van der Waals surface area contributed by atoms with Gasteiger partial charge >= 0.3 is 0 Å². The van der Waals surface area contributed by atoms with Crippen LogP contribution in [-0.4, -0.2) is 28.9 Å². The molecule has 4 heterocycles. The number of halogens is 1. The molecular weight excluding hydrogens is 388 g/mol. The van der Waals surface area contributed by atoms with Gasteiger partial charge in [0.1, 0.15) is 5.65 Å². The molecule has 1 aromatic carbocycles. The van der Waals surface area contributed by atoms with E-state index in [4.69, 9.17) is 0 Å². The summed E-state index contributed by atoms with van der Waals surface area (Å²) in [5.74, 6) is 0. The van der Waals surface area contributed by atoms with E-state index >= 15 is 0 Å². The van der Waals surface area contributed by atoms with Crippen LogP contribution in [0.15, 0.2) is 72.2 Å². The summed E-state index contributed by atoms with van der Waals surface area (Å²) in [5.41, 5.74) is 3.53. The minimum atomic E-state index is -0.0966. The summed E-state index contributed by atoms with van der Waals surface area (Å²) in [6.45, 7) is 0.472. The molecule has 0 bridgehead atoms. The van der Waals surface area contributed by atoms with Crippen molar-refractivity contribution in [2.75, 3.05) is 0 Å². The zero-order valence-corrected chi connectivity index (χ0v) is 16.6. The molecule has 0 saturated carbocycles. The normalized spacial score (nSPS) is 11.1. The first-order valence-electron chi connectivity index (χ1n) is 9.09. The summed E-state index contributed by atoms with van der Waals surface area (Å²) in [6.07, 6.45) is 10.0. The number of hydrogen-bond donors (Lipinski definition) is 0. The average Bonchev–Trinajstić information content (AvgIpc) is 3.33. The van der Waals surface area contributed by atoms with Crippen molar-refractivity contribution in [3.63, 3.8) is 0 Å². The van der Waals surface area contributed by atoms with Gasteiger partial charge in [0, 0.05) is 43.0 Å². The van der Waals surface area contributed by atoms with Gasteiger partial charge in [-0.2, -0.15) is 10.2 Å². The van der Waals surface area contributed by atoms with Crippen molar-refractivity contribution in [2.45, 2.75) is 13.0 Å². The molecule has 7 nitrogen and oxygen atoms in total. The zero-order chi connectivity index (χ0) is 19.1. The molecule has 8 heteroatoms. The predicted octanol–water partition coefficient (Wildman–Crippen LogP) is 3.11. The lowest BCUT2D eigenvalue weighted by Gasteiger charge is -2.08. The van der Waals surface area contributed by atoms with Crippen molar-refractivity contribution in [1.82, 2.24) is 28.9 Å². The van der Waals surface area contributed by atoms with E-state index < -0.39 is 0 Å². The van der Waals surface area contributed by atoms with Gasteiger partial charge in [0.2, 0.25) is 0 Å². The summed E-state index contributed by atoms with van der Waals surface area (Å²) in [4.78, 5) is 17.8. The lowest BCUT2D eigenvalue weighted by molar-refractivity contribution is 0.580. The van der Waals surface area contributed by atoms with Crippen LogP contribution < -0.4 is 5.56 Å². The van der Waals surface area contributed by atoms with E-state index in [1.54, 1.807) is 17.1 Å². The first-order chi connectivity index (χ1) is 13.7. The Bertz CT molecular complexity index is 1330.